The molecule has 0 bridgehead atoms. The Labute approximate surface area is 258 Å². The van der Waals surface area contributed by atoms with Gasteiger partial charge in [-0.2, -0.15) is 17.5 Å². The van der Waals surface area contributed by atoms with Gasteiger partial charge in [0.2, 0.25) is 5.88 Å². The topological polar surface area (TPSA) is 98.2 Å². The van der Waals surface area contributed by atoms with Crippen LogP contribution in [0.3, 0.4) is 0 Å². The summed E-state index contributed by atoms with van der Waals surface area (Å²) < 4.78 is 51.7. The van der Waals surface area contributed by atoms with E-state index in [1.165, 1.54) is 23.9 Å². The summed E-state index contributed by atoms with van der Waals surface area (Å²) in [7, 11) is 0. The molecular formula is C29H37ClF3N7O2S. The van der Waals surface area contributed by atoms with Crippen LogP contribution in [-0.4, -0.2) is 51.2 Å². The minimum Gasteiger partial charge on any atom is -0.477 e. The van der Waals surface area contributed by atoms with Crippen LogP contribution in [0.15, 0.2) is 47.6 Å². The van der Waals surface area contributed by atoms with Gasteiger partial charge in [-0.3, -0.25) is 5.48 Å². The molecule has 1 saturated heterocycles. The summed E-state index contributed by atoms with van der Waals surface area (Å²) in [6.07, 6.45) is 4.16. The van der Waals surface area contributed by atoms with Crippen molar-refractivity contribution in [2.75, 3.05) is 30.5 Å². The number of nitrogens with zero attached hydrogens (tertiary/aromatic N) is 4. The van der Waals surface area contributed by atoms with Crippen LogP contribution in [0.1, 0.15) is 58.8 Å². The Balaban J connectivity index is 0.998. The van der Waals surface area contributed by atoms with Gasteiger partial charge in [-0.15, -0.1) is 5.10 Å². The Bertz CT molecular complexity index is 1350. The Morgan fingerprint density at radius 3 is 2.67 bits per heavy atom. The minimum absolute atomic E-state index is 0.0608. The van der Waals surface area contributed by atoms with Gasteiger partial charge in [0, 0.05) is 30.5 Å². The second kappa shape index (κ2) is 13.5. The molecule has 3 aromatic rings. The number of ether oxygens (including phenoxy) is 1. The zero-order chi connectivity index (χ0) is 30.5. The number of halogens is 4. The summed E-state index contributed by atoms with van der Waals surface area (Å²) in [5.41, 5.74) is 1.89. The van der Waals surface area contributed by atoms with E-state index in [4.69, 9.17) is 20.6 Å². The fraction of sp³-hybridized carbons (Fsp3) is 0.552. The van der Waals surface area contributed by atoms with Gasteiger partial charge in [0.1, 0.15) is 5.82 Å². The van der Waals surface area contributed by atoms with Gasteiger partial charge in [0.05, 0.1) is 34.6 Å². The molecule has 43 heavy (non-hydrogen) atoms. The molecule has 0 aromatic carbocycles. The molecule has 3 N–H and O–H groups in total. The van der Waals surface area contributed by atoms with Crippen molar-refractivity contribution in [1.29, 1.82) is 0 Å². The summed E-state index contributed by atoms with van der Waals surface area (Å²) in [5.74, 6) is 2.23. The third-order valence-corrected chi connectivity index (χ3v) is 8.85. The van der Waals surface area contributed by atoms with Crippen molar-refractivity contribution in [3.05, 3.63) is 47.9 Å². The van der Waals surface area contributed by atoms with Gasteiger partial charge in [-0.25, -0.2) is 14.6 Å². The lowest BCUT2D eigenvalue weighted by atomic mass is 9.93. The van der Waals surface area contributed by atoms with E-state index in [1.807, 2.05) is 12.1 Å². The second-order valence-electron chi connectivity index (χ2n) is 11.9. The normalized spacial score (nSPS) is 18.9. The standard InChI is InChI=1S/C29H37ClF3N7O2S/c1-27(2)17-20(18-36-27)5-3-4-14-34-23-8-6-21(19-35-23)43-42-39-22-7-9-24(37-26(22)30)40-15-10-25(38-40)41-16-13-28(11-12-28)29(31,32)33/h6-10,15,19-20,36,39H,3-5,11-14,16-18H2,1-2H3,(H,34,35). The molecule has 234 valence electrons. The zero-order valence-electron chi connectivity index (χ0n) is 24.2. The largest absolute Gasteiger partial charge is 0.477 e. The maximum absolute atomic E-state index is 13.1. The molecule has 0 radical (unpaired) electrons. The van der Waals surface area contributed by atoms with Crippen LogP contribution in [0.5, 0.6) is 5.88 Å². The van der Waals surface area contributed by atoms with Crippen molar-refractivity contribution in [2.24, 2.45) is 11.3 Å². The first-order chi connectivity index (χ1) is 20.5. The number of rotatable bonds is 15. The van der Waals surface area contributed by atoms with E-state index in [2.05, 4.69) is 45.0 Å². The molecular weight excluding hydrogens is 603 g/mol. The fourth-order valence-electron chi connectivity index (χ4n) is 5.23. The zero-order valence-corrected chi connectivity index (χ0v) is 25.8. The average molecular weight is 640 g/mol. The van der Waals surface area contributed by atoms with Crippen LogP contribution < -0.4 is 20.9 Å². The summed E-state index contributed by atoms with van der Waals surface area (Å²) >= 11 is 7.43. The first kappa shape index (κ1) is 31.7. The number of aromatic nitrogens is 4. The Morgan fingerprint density at radius 2 is 2.00 bits per heavy atom. The highest BCUT2D eigenvalue weighted by Crippen LogP contribution is 2.59. The average Bonchev–Trinajstić information content (AvgIpc) is 3.48. The molecule has 1 aliphatic carbocycles. The maximum Gasteiger partial charge on any atom is 0.394 e. The van der Waals surface area contributed by atoms with Gasteiger partial charge in [-0.1, -0.05) is 18.0 Å². The number of alkyl halides is 3. The molecule has 0 spiro atoms. The van der Waals surface area contributed by atoms with E-state index in [1.54, 1.807) is 30.6 Å². The van der Waals surface area contributed by atoms with E-state index in [0.717, 1.165) is 48.2 Å². The predicted octanol–water partition coefficient (Wildman–Crippen LogP) is 7.45. The van der Waals surface area contributed by atoms with E-state index < -0.39 is 11.6 Å². The molecule has 5 rings (SSSR count). The van der Waals surface area contributed by atoms with Crippen molar-refractivity contribution in [1.82, 2.24) is 25.1 Å². The molecule has 2 aliphatic rings. The van der Waals surface area contributed by atoms with Crippen LogP contribution in [0.4, 0.5) is 24.7 Å². The SMILES string of the molecule is CC1(C)CC(CCCCNc2ccc(SONc3ccc(-n4ccc(OCCC5(C(F)(F)F)CC5)n4)nc3Cl)cn2)CN1. The van der Waals surface area contributed by atoms with E-state index in [9.17, 15) is 13.2 Å². The molecule has 4 heterocycles. The van der Waals surface area contributed by atoms with Crippen LogP contribution in [0.25, 0.3) is 5.82 Å². The van der Waals surface area contributed by atoms with E-state index >= 15 is 0 Å². The van der Waals surface area contributed by atoms with Gasteiger partial charge < -0.3 is 15.4 Å². The number of anilines is 2. The van der Waals surface area contributed by atoms with Crippen LogP contribution >= 0.6 is 23.6 Å². The lowest BCUT2D eigenvalue weighted by Gasteiger charge is -2.18. The van der Waals surface area contributed by atoms with Crippen molar-refractivity contribution in [3.63, 3.8) is 0 Å². The number of pyridine rings is 2. The minimum atomic E-state index is -4.20. The molecule has 3 aromatic heterocycles. The molecule has 14 heteroatoms. The number of hydrogen-bond donors (Lipinski definition) is 3. The molecule has 9 nitrogen and oxygen atoms in total. The van der Waals surface area contributed by atoms with Crippen molar-refractivity contribution in [2.45, 2.75) is 75.4 Å². The highest BCUT2D eigenvalue weighted by atomic mass is 35.5. The van der Waals surface area contributed by atoms with Gasteiger partial charge in [0.15, 0.2) is 11.0 Å². The van der Waals surface area contributed by atoms with Gasteiger partial charge in [0.25, 0.3) is 0 Å². The molecule has 1 atom stereocenters. The summed E-state index contributed by atoms with van der Waals surface area (Å²) in [6, 6.07) is 8.76. The number of unbranched alkanes of at least 4 members (excludes halogenated alkanes) is 1. The molecule has 0 amide bonds. The lowest BCUT2D eigenvalue weighted by Crippen LogP contribution is -2.31. The summed E-state index contributed by atoms with van der Waals surface area (Å²) in [5, 5.41) is 11.3. The number of hydrogen-bond acceptors (Lipinski definition) is 9. The molecule has 1 saturated carbocycles. The van der Waals surface area contributed by atoms with Crippen LogP contribution in [0.2, 0.25) is 5.15 Å². The van der Waals surface area contributed by atoms with E-state index in [0.29, 0.717) is 11.5 Å². The maximum atomic E-state index is 13.1. The monoisotopic (exact) mass is 639 g/mol. The van der Waals surface area contributed by atoms with Crippen LogP contribution in [-0.2, 0) is 4.28 Å². The van der Waals surface area contributed by atoms with Crippen molar-refractivity contribution >= 4 is 35.1 Å². The third-order valence-electron chi connectivity index (χ3n) is 7.96. The quantitative estimate of drug-likeness (QED) is 0.0678. The highest BCUT2D eigenvalue weighted by Gasteiger charge is 2.62. The lowest BCUT2D eigenvalue weighted by molar-refractivity contribution is -0.190. The predicted molar refractivity (Wildman–Crippen MR) is 162 cm³/mol. The first-order valence-corrected chi connectivity index (χ1v) is 15.6. The Kier molecular flexibility index (Phi) is 9.94. The molecule has 2 fully saturated rings. The smallest absolute Gasteiger partial charge is 0.394 e. The fourth-order valence-corrected chi connectivity index (χ4v) is 5.87. The van der Waals surface area contributed by atoms with E-state index in [-0.39, 0.29) is 42.4 Å². The van der Waals surface area contributed by atoms with Crippen molar-refractivity contribution < 1.29 is 22.2 Å². The highest BCUT2D eigenvalue weighted by molar-refractivity contribution is 7.94. The molecule has 1 aliphatic heterocycles. The first-order valence-electron chi connectivity index (χ1n) is 14.5. The van der Waals surface area contributed by atoms with Crippen LogP contribution in [0, 0.1) is 11.3 Å². The third kappa shape index (κ3) is 8.68. The second-order valence-corrected chi connectivity index (χ2v) is 13.1. The summed E-state index contributed by atoms with van der Waals surface area (Å²) in [4.78, 5) is 9.57. The Morgan fingerprint density at radius 1 is 1.16 bits per heavy atom. The summed E-state index contributed by atoms with van der Waals surface area (Å²) in [6.45, 7) is 6.49. The Hall–Kier alpha value is -2.74. The van der Waals surface area contributed by atoms with Gasteiger partial charge in [-0.05, 0) is 89.1 Å². The van der Waals surface area contributed by atoms with Gasteiger partial charge >= 0.3 is 6.18 Å². The molecule has 1 unspecified atom stereocenters. The van der Waals surface area contributed by atoms with Crippen molar-refractivity contribution in [3.8, 4) is 11.7 Å². The number of nitrogens with one attached hydrogen (secondary N) is 3.